The summed E-state index contributed by atoms with van der Waals surface area (Å²) in [5.74, 6) is -0.709. The summed E-state index contributed by atoms with van der Waals surface area (Å²) < 4.78 is 75.2. The molecular formula is C18H13F6N5O2. The maximum Gasteiger partial charge on any atom is 0.435 e. The minimum Gasteiger partial charge on any atom is -0.463 e. The van der Waals surface area contributed by atoms with Crippen LogP contribution in [0.25, 0.3) is 0 Å². The van der Waals surface area contributed by atoms with Gasteiger partial charge in [-0.3, -0.25) is 0 Å². The van der Waals surface area contributed by atoms with E-state index in [2.05, 4.69) is 15.3 Å². The lowest BCUT2D eigenvalue weighted by Crippen LogP contribution is -2.37. The second-order valence-corrected chi connectivity index (χ2v) is 5.78. The van der Waals surface area contributed by atoms with Crippen LogP contribution in [0.1, 0.15) is 22.3 Å². The molecule has 0 saturated heterocycles. The van der Waals surface area contributed by atoms with Gasteiger partial charge in [0.25, 0.3) is 0 Å². The number of alkyl halides is 6. The maximum absolute atomic E-state index is 12.5. The van der Waals surface area contributed by atoms with Crippen LogP contribution in [0.5, 0.6) is 0 Å². The molecule has 0 fully saturated rings. The third-order valence-corrected chi connectivity index (χ3v) is 3.56. The molecule has 7 nitrogen and oxygen atoms in total. The fraction of sp³-hybridized carbons (Fsp3) is 0.111. The van der Waals surface area contributed by atoms with Gasteiger partial charge in [-0.15, -0.1) is 10.1 Å². The Hall–Kier alpha value is -3.90. The summed E-state index contributed by atoms with van der Waals surface area (Å²) in [6.45, 7) is 0. The zero-order chi connectivity index (χ0) is 23.2. The Morgan fingerprint density at radius 2 is 1.26 bits per heavy atom. The summed E-state index contributed by atoms with van der Waals surface area (Å²) in [6, 6.07) is 7.62. The molecule has 0 spiro atoms. The third-order valence-electron chi connectivity index (χ3n) is 3.56. The number of amides is 1. The van der Waals surface area contributed by atoms with Crippen LogP contribution in [0.15, 0.2) is 63.8 Å². The van der Waals surface area contributed by atoms with Gasteiger partial charge in [0.2, 0.25) is 5.96 Å². The number of benzene rings is 2. The second-order valence-electron chi connectivity index (χ2n) is 5.78. The van der Waals surface area contributed by atoms with Crippen LogP contribution in [0.2, 0.25) is 0 Å². The number of hydrazone groups is 1. The van der Waals surface area contributed by atoms with E-state index in [1.807, 2.05) is 0 Å². The van der Waals surface area contributed by atoms with E-state index in [1.165, 1.54) is 0 Å². The number of nitrogens with two attached hydrogens (primary N) is 1. The summed E-state index contributed by atoms with van der Waals surface area (Å²) in [4.78, 5) is 11.3. The lowest BCUT2D eigenvalue weighted by Gasteiger charge is -2.10. The molecule has 2 aromatic rings. The van der Waals surface area contributed by atoms with Crippen molar-refractivity contribution in [3.63, 3.8) is 0 Å². The predicted molar refractivity (Wildman–Crippen MR) is 99.6 cm³/mol. The van der Waals surface area contributed by atoms with E-state index in [9.17, 15) is 31.1 Å². The van der Waals surface area contributed by atoms with Crippen molar-refractivity contribution in [3.05, 3.63) is 70.8 Å². The van der Waals surface area contributed by atoms with Gasteiger partial charge in [0.1, 0.15) is 0 Å². The summed E-state index contributed by atoms with van der Waals surface area (Å²) in [5.41, 5.74) is 4.12. The van der Waals surface area contributed by atoms with Crippen molar-refractivity contribution in [2.24, 2.45) is 21.0 Å². The second kappa shape index (κ2) is 9.28. The number of hydrogen-bond donors (Lipinski definition) is 2. The van der Waals surface area contributed by atoms with Crippen molar-refractivity contribution in [1.82, 2.24) is 5.01 Å². The van der Waals surface area contributed by atoms with Gasteiger partial charge in [-0.05, 0) is 35.4 Å². The quantitative estimate of drug-likeness (QED) is 0.316. The third kappa shape index (κ3) is 6.83. The minimum absolute atomic E-state index is 0.153. The first-order chi connectivity index (χ1) is 14.4. The van der Waals surface area contributed by atoms with E-state index >= 15 is 0 Å². The molecule has 0 bridgehead atoms. The largest absolute Gasteiger partial charge is 0.463 e. The highest BCUT2D eigenvalue weighted by Gasteiger charge is 2.30. The van der Waals surface area contributed by atoms with Crippen molar-refractivity contribution >= 4 is 24.5 Å². The Kier molecular flexibility index (Phi) is 7.00. The summed E-state index contributed by atoms with van der Waals surface area (Å²) >= 11 is 0. The SMILES string of the molecule is NC(=N/N=C/c1ccc(C(F)(F)F)cc1)N(/N=C/c1ccc(C(F)(F)F)cc1)C(=O)O. The van der Waals surface area contributed by atoms with Gasteiger partial charge in [0.15, 0.2) is 0 Å². The van der Waals surface area contributed by atoms with Crippen LogP contribution < -0.4 is 5.73 Å². The average Bonchev–Trinajstić information content (AvgIpc) is 2.67. The summed E-state index contributed by atoms with van der Waals surface area (Å²) in [7, 11) is 0. The van der Waals surface area contributed by atoms with Crippen molar-refractivity contribution < 1.29 is 36.2 Å². The van der Waals surface area contributed by atoms with Gasteiger partial charge in [0.05, 0.1) is 23.6 Å². The highest BCUT2D eigenvalue weighted by Crippen LogP contribution is 2.29. The molecule has 0 heterocycles. The molecule has 2 rings (SSSR count). The molecule has 1 amide bonds. The maximum atomic E-state index is 12.5. The van der Waals surface area contributed by atoms with Gasteiger partial charge in [0, 0.05) is 0 Å². The molecule has 164 valence electrons. The summed E-state index contributed by atoms with van der Waals surface area (Å²) in [5, 5.41) is 19.8. The van der Waals surface area contributed by atoms with Crippen molar-refractivity contribution in [2.75, 3.05) is 0 Å². The Morgan fingerprint density at radius 1 is 0.839 bits per heavy atom. The average molecular weight is 445 g/mol. The highest BCUT2D eigenvalue weighted by atomic mass is 19.4. The van der Waals surface area contributed by atoms with Crippen LogP contribution in [0.4, 0.5) is 31.1 Å². The van der Waals surface area contributed by atoms with Crippen molar-refractivity contribution in [2.45, 2.75) is 12.4 Å². The van der Waals surface area contributed by atoms with Crippen LogP contribution in [0.3, 0.4) is 0 Å². The van der Waals surface area contributed by atoms with Gasteiger partial charge in [-0.1, -0.05) is 24.3 Å². The molecule has 31 heavy (non-hydrogen) atoms. The molecule has 0 unspecified atom stereocenters. The molecule has 13 heteroatoms. The first kappa shape index (κ1) is 23.4. The molecule has 0 aliphatic rings. The van der Waals surface area contributed by atoms with Crippen molar-refractivity contribution in [3.8, 4) is 0 Å². The molecule has 3 N–H and O–H groups in total. The zero-order valence-corrected chi connectivity index (χ0v) is 15.3. The lowest BCUT2D eigenvalue weighted by atomic mass is 10.1. The normalized spacial score (nSPS) is 13.2. The van der Waals surface area contributed by atoms with E-state index in [0.717, 1.165) is 61.0 Å². The molecule has 0 atom stereocenters. The van der Waals surface area contributed by atoms with Crippen LogP contribution in [-0.2, 0) is 12.4 Å². The van der Waals surface area contributed by atoms with Gasteiger partial charge < -0.3 is 10.8 Å². The van der Waals surface area contributed by atoms with Crippen LogP contribution >= 0.6 is 0 Å². The standard InChI is InChI=1S/C18H13F6N5O2/c19-17(20,21)13-5-1-11(2-6-13)9-26-28-15(25)29(16(30)31)27-10-12-3-7-14(8-4-12)18(22,23)24/h1-10H,(H2,25,28)(H,30,31)/b26-9+,27-10+. The zero-order valence-electron chi connectivity index (χ0n) is 15.3. The summed E-state index contributed by atoms with van der Waals surface area (Å²) in [6.07, 6.45) is -8.70. The predicted octanol–water partition coefficient (Wildman–Crippen LogP) is 4.39. The topological polar surface area (TPSA) is 104 Å². The molecule has 0 aliphatic carbocycles. The van der Waals surface area contributed by atoms with Gasteiger partial charge in [-0.2, -0.15) is 36.5 Å². The van der Waals surface area contributed by atoms with Crippen LogP contribution in [-0.4, -0.2) is 34.6 Å². The highest BCUT2D eigenvalue weighted by molar-refractivity contribution is 5.94. The number of rotatable bonds is 4. The number of halogens is 6. The number of nitrogens with zero attached hydrogens (tertiary/aromatic N) is 4. The fourth-order valence-corrected chi connectivity index (χ4v) is 2.04. The van der Waals surface area contributed by atoms with Gasteiger partial charge >= 0.3 is 18.4 Å². The Labute approximate surface area is 170 Å². The smallest absolute Gasteiger partial charge is 0.435 e. The molecule has 0 saturated carbocycles. The first-order valence-electron chi connectivity index (χ1n) is 8.16. The van der Waals surface area contributed by atoms with E-state index in [4.69, 9.17) is 10.8 Å². The first-order valence-corrected chi connectivity index (χ1v) is 8.16. The number of carboxylic acid groups (broad SMARTS) is 1. The van der Waals surface area contributed by atoms with E-state index in [-0.39, 0.29) is 16.1 Å². The Balaban J connectivity index is 2.11. The van der Waals surface area contributed by atoms with Crippen molar-refractivity contribution in [1.29, 1.82) is 0 Å². The number of guanidine groups is 1. The molecule has 2 aromatic carbocycles. The number of carbonyl (C=O) groups is 1. The van der Waals surface area contributed by atoms with Gasteiger partial charge in [-0.25, -0.2) is 4.79 Å². The van der Waals surface area contributed by atoms with E-state index < -0.39 is 35.5 Å². The Morgan fingerprint density at radius 3 is 1.65 bits per heavy atom. The molecule has 0 radical (unpaired) electrons. The van der Waals surface area contributed by atoms with E-state index in [0.29, 0.717) is 0 Å². The Bertz CT molecular complexity index is 996. The molecule has 0 aliphatic heterocycles. The monoisotopic (exact) mass is 445 g/mol. The fourth-order valence-electron chi connectivity index (χ4n) is 2.04. The van der Waals surface area contributed by atoms with Crippen LogP contribution in [0, 0.1) is 0 Å². The molecule has 0 aromatic heterocycles. The molecular weight excluding hydrogens is 432 g/mol. The number of hydrogen-bond acceptors (Lipinski definition) is 4. The lowest BCUT2D eigenvalue weighted by molar-refractivity contribution is -0.138. The minimum atomic E-state index is -4.52. The van der Waals surface area contributed by atoms with E-state index in [1.54, 1.807) is 0 Å².